The summed E-state index contributed by atoms with van der Waals surface area (Å²) < 4.78 is 32.2. The summed E-state index contributed by atoms with van der Waals surface area (Å²) in [5, 5.41) is 7.06. The van der Waals surface area contributed by atoms with Crippen LogP contribution in [0.3, 0.4) is 0 Å². The Bertz CT molecular complexity index is 1280. The van der Waals surface area contributed by atoms with Gasteiger partial charge in [0.15, 0.2) is 0 Å². The molecule has 0 spiro atoms. The molecule has 1 aliphatic rings. The molecule has 0 unspecified atom stereocenters. The van der Waals surface area contributed by atoms with Gasteiger partial charge in [0.2, 0.25) is 27.6 Å². The van der Waals surface area contributed by atoms with E-state index in [2.05, 4.69) is 20.4 Å². The predicted octanol–water partition coefficient (Wildman–Crippen LogP) is 3.93. The number of aromatic nitrogens is 2. The van der Waals surface area contributed by atoms with Crippen LogP contribution in [0.4, 0.5) is 5.69 Å². The van der Waals surface area contributed by atoms with Gasteiger partial charge in [-0.1, -0.05) is 43.3 Å². The number of anilines is 1. The molecule has 0 bridgehead atoms. The van der Waals surface area contributed by atoms with E-state index >= 15 is 0 Å². The molecule has 0 atom stereocenters. The van der Waals surface area contributed by atoms with Gasteiger partial charge in [0, 0.05) is 30.3 Å². The zero-order valence-electron chi connectivity index (χ0n) is 21.0. The van der Waals surface area contributed by atoms with Crippen molar-refractivity contribution in [2.24, 2.45) is 5.92 Å². The molecule has 1 aromatic heterocycles. The molecule has 2 heterocycles. The number of amides is 1. The molecule has 10 heteroatoms. The highest BCUT2D eigenvalue weighted by Gasteiger charge is 2.27. The van der Waals surface area contributed by atoms with Crippen LogP contribution in [0.25, 0.3) is 11.4 Å². The topological polar surface area (TPSA) is 109 Å². The molecule has 4 rings (SSSR count). The van der Waals surface area contributed by atoms with Gasteiger partial charge in [0.05, 0.1) is 11.4 Å². The van der Waals surface area contributed by atoms with Crippen LogP contribution in [0.1, 0.15) is 38.1 Å². The van der Waals surface area contributed by atoms with Crippen molar-refractivity contribution in [1.29, 1.82) is 0 Å². The molecule has 36 heavy (non-hydrogen) atoms. The number of benzene rings is 2. The maximum atomic E-state index is 12.8. The van der Waals surface area contributed by atoms with E-state index in [1.54, 1.807) is 24.3 Å². The smallest absolute Gasteiger partial charge is 0.243 e. The highest BCUT2D eigenvalue weighted by atomic mass is 32.2. The Kier molecular flexibility index (Phi) is 8.17. The molecule has 2 aromatic carbocycles. The van der Waals surface area contributed by atoms with Crippen molar-refractivity contribution >= 4 is 21.6 Å². The van der Waals surface area contributed by atoms with Crippen molar-refractivity contribution in [2.75, 3.05) is 31.5 Å². The van der Waals surface area contributed by atoms with Crippen LogP contribution in [0, 0.1) is 12.8 Å². The third kappa shape index (κ3) is 5.83. The van der Waals surface area contributed by atoms with Gasteiger partial charge >= 0.3 is 0 Å². The van der Waals surface area contributed by atoms with Gasteiger partial charge in [-0.05, 0) is 62.7 Å². The average Bonchev–Trinajstić information content (AvgIpc) is 3.34. The summed E-state index contributed by atoms with van der Waals surface area (Å²) in [5.41, 5.74) is 2.65. The van der Waals surface area contributed by atoms with Crippen molar-refractivity contribution in [3.63, 3.8) is 0 Å². The van der Waals surface area contributed by atoms with Crippen LogP contribution in [-0.2, 0) is 21.4 Å². The first-order chi connectivity index (χ1) is 17.3. The molecule has 192 valence electrons. The second-order valence-corrected chi connectivity index (χ2v) is 10.9. The summed E-state index contributed by atoms with van der Waals surface area (Å²) in [7, 11) is -3.52. The molecule has 1 N–H and O–H groups in total. The van der Waals surface area contributed by atoms with Crippen LogP contribution in [0.2, 0.25) is 0 Å². The van der Waals surface area contributed by atoms with Gasteiger partial charge in [-0.15, -0.1) is 0 Å². The van der Waals surface area contributed by atoms with Crippen molar-refractivity contribution < 1.29 is 17.7 Å². The van der Waals surface area contributed by atoms with Gasteiger partial charge in [-0.2, -0.15) is 9.29 Å². The van der Waals surface area contributed by atoms with Crippen LogP contribution < -0.4 is 5.32 Å². The van der Waals surface area contributed by atoms with E-state index in [9.17, 15) is 13.2 Å². The number of rotatable bonds is 9. The Labute approximate surface area is 212 Å². The number of likely N-dealkylation sites (tertiary alicyclic amines) is 1. The van der Waals surface area contributed by atoms with Crippen molar-refractivity contribution in [1.82, 2.24) is 19.3 Å². The quantitative estimate of drug-likeness (QED) is 0.464. The first kappa shape index (κ1) is 26.0. The van der Waals surface area contributed by atoms with E-state index in [1.807, 2.05) is 45.0 Å². The fourth-order valence-corrected chi connectivity index (χ4v) is 5.92. The third-order valence-electron chi connectivity index (χ3n) is 6.64. The molecule has 9 nitrogen and oxygen atoms in total. The molecule has 3 aromatic rings. The molecule has 0 saturated carbocycles. The normalized spacial score (nSPS) is 15.3. The van der Waals surface area contributed by atoms with Crippen molar-refractivity contribution in [3.05, 3.63) is 60.0 Å². The minimum Gasteiger partial charge on any atom is -0.338 e. The number of carbonyl (C=O) groups is 1. The van der Waals surface area contributed by atoms with Gasteiger partial charge in [0.25, 0.3) is 0 Å². The molecule has 0 radical (unpaired) electrons. The highest BCUT2D eigenvalue weighted by Crippen LogP contribution is 2.24. The summed E-state index contributed by atoms with van der Waals surface area (Å²) in [4.78, 5) is 19.8. The third-order valence-corrected chi connectivity index (χ3v) is 8.70. The Balaban J connectivity index is 1.28. The minimum absolute atomic E-state index is 0.0476. The highest BCUT2D eigenvalue weighted by molar-refractivity contribution is 7.89. The molecule has 0 aliphatic carbocycles. The minimum atomic E-state index is -3.52. The summed E-state index contributed by atoms with van der Waals surface area (Å²) in [6.07, 6.45) is 1.44. The maximum absolute atomic E-state index is 12.8. The molecule has 1 saturated heterocycles. The number of sulfonamides is 1. The van der Waals surface area contributed by atoms with E-state index in [0.29, 0.717) is 37.0 Å². The lowest BCUT2D eigenvalue weighted by Gasteiger charge is -2.30. The lowest BCUT2D eigenvalue weighted by Crippen LogP contribution is -2.37. The van der Waals surface area contributed by atoms with E-state index in [4.69, 9.17) is 4.52 Å². The molecular formula is C26H33N5O4S. The fraction of sp³-hybridized carbons (Fsp3) is 0.423. The molecule has 1 aliphatic heterocycles. The summed E-state index contributed by atoms with van der Waals surface area (Å²) in [6.45, 7) is 8.52. The monoisotopic (exact) mass is 511 g/mol. The number of nitrogens with one attached hydrogen (secondary N) is 1. The second kappa shape index (κ2) is 11.3. The average molecular weight is 512 g/mol. The number of hydrogen-bond donors (Lipinski definition) is 1. The van der Waals surface area contributed by atoms with E-state index in [-0.39, 0.29) is 16.7 Å². The van der Waals surface area contributed by atoms with Gasteiger partial charge in [-0.3, -0.25) is 9.69 Å². The van der Waals surface area contributed by atoms with Crippen molar-refractivity contribution in [3.8, 4) is 11.4 Å². The van der Waals surface area contributed by atoms with Crippen LogP contribution in [0.15, 0.2) is 57.9 Å². The number of carbonyl (C=O) groups excluding carboxylic acids is 1. The van der Waals surface area contributed by atoms with Gasteiger partial charge < -0.3 is 9.84 Å². The van der Waals surface area contributed by atoms with Crippen LogP contribution >= 0.6 is 0 Å². The molecule has 1 amide bonds. The lowest BCUT2D eigenvalue weighted by atomic mass is 9.96. The summed E-state index contributed by atoms with van der Waals surface area (Å²) >= 11 is 0. The first-order valence-electron chi connectivity index (χ1n) is 12.3. The zero-order chi connectivity index (χ0) is 25.7. The number of piperidine rings is 1. The maximum Gasteiger partial charge on any atom is 0.243 e. The Morgan fingerprint density at radius 2 is 1.75 bits per heavy atom. The molecular weight excluding hydrogens is 478 g/mol. The first-order valence-corrected chi connectivity index (χ1v) is 13.8. The Morgan fingerprint density at radius 1 is 1.08 bits per heavy atom. The standard InChI is InChI=1S/C26H33N5O4S/c1-4-31(5-2)36(33,34)22-12-10-21(11-13-22)27-26(32)20-14-16-30(17-15-20)18-24-28-25(29-35-24)23-9-7-6-8-19(23)3/h6-13,20H,4-5,14-18H2,1-3H3,(H,27,32). The van der Waals surface area contributed by atoms with E-state index in [1.165, 1.54) is 4.31 Å². The predicted molar refractivity (Wildman–Crippen MR) is 138 cm³/mol. The number of hydrogen-bond acceptors (Lipinski definition) is 7. The van der Waals surface area contributed by atoms with Crippen LogP contribution in [-0.4, -0.2) is 59.8 Å². The van der Waals surface area contributed by atoms with Crippen LogP contribution in [0.5, 0.6) is 0 Å². The summed E-state index contributed by atoms with van der Waals surface area (Å²) in [5.74, 6) is 1.00. The SMILES string of the molecule is CCN(CC)S(=O)(=O)c1ccc(NC(=O)C2CCN(Cc3nc(-c4ccccc4C)no3)CC2)cc1. The van der Waals surface area contributed by atoms with Crippen molar-refractivity contribution in [2.45, 2.75) is 45.1 Å². The van der Waals surface area contributed by atoms with Gasteiger partial charge in [0.1, 0.15) is 0 Å². The molecule has 1 fully saturated rings. The Morgan fingerprint density at radius 3 is 2.39 bits per heavy atom. The summed E-state index contributed by atoms with van der Waals surface area (Å²) in [6, 6.07) is 14.3. The fourth-order valence-electron chi connectivity index (χ4n) is 4.46. The Hall–Kier alpha value is -3.08. The largest absolute Gasteiger partial charge is 0.338 e. The lowest BCUT2D eigenvalue weighted by molar-refractivity contribution is -0.121. The number of aryl methyl sites for hydroxylation is 1. The number of nitrogens with zero attached hydrogens (tertiary/aromatic N) is 4. The van der Waals surface area contributed by atoms with E-state index in [0.717, 1.165) is 37.1 Å². The van der Waals surface area contributed by atoms with E-state index < -0.39 is 10.0 Å². The second-order valence-electron chi connectivity index (χ2n) is 8.98. The zero-order valence-corrected chi connectivity index (χ0v) is 21.8. The van der Waals surface area contributed by atoms with Gasteiger partial charge in [-0.25, -0.2) is 8.42 Å².